The normalized spacial score (nSPS) is 12.1. The van der Waals surface area contributed by atoms with Crippen LogP contribution in [0, 0.1) is 3.57 Å². The van der Waals surface area contributed by atoms with Crippen molar-refractivity contribution in [3.05, 3.63) is 87.1 Å². The molecule has 0 saturated carbocycles. The van der Waals surface area contributed by atoms with Crippen molar-refractivity contribution in [3.8, 4) is 5.69 Å². The van der Waals surface area contributed by atoms with E-state index in [0.29, 0.717) is 5.69 Å². The molecular weight excluding hydrogens is 463 g/mol. The van der Waals surface area contributed by atoms with E-state index in [1.165, 1.54) is 18.2 Å². The fourth-order valence-corrected chi connectivity index (χ4v) is 4.48. The van der Waals surface area contributed by atoms with Crippen LogP contribution < -0.4 is 5.73 Å². The van der Waals surface area contributed by atoms with Crippen LogP contribution in [0.4, 0.5) is 0 Å². The minimum Gasteiger partial charge on any atom is -0.365 e. The van der Waals surface area contributed by atoms with E-state index >= 15 is 0 Å². The molecule has 0 aliphatic rings. The van der Waals surface area contributed by atoms with Crippen molar-refractivity contribution >= 4 is 44.4 Å². The maximum Gasteiger partial charge on any atom is 0.260 e. The summed E-state index contributed by atoms with van der Waals surface area (Å²) in [7, 11) is -4.01. The van der Waals surface area contributed by atoms with Gasteiger partial charge in [-0.1, -0.05) is 30.3 Å². The molecule has 0 unspecified atom stereocenters. The molecule has 0 fully saturated rings. The summed E-state index contributed by atoms with van der Waals surface area (Å²) in [5, 5.41) is 0. The number of primary amides is 1. The fraction of sp³-hybridized carbons (Fsp3) is 0. The lowest BCUT2D eigenvalue weighted by Crippen LogP contribution is -2.21. The van der Waals surface area contributed by atoms with Gasteiger partial charge in [-0.3, -0.25) is 4.79 Å². The Hall–Kier alpha value is -2.39. The van der Waals surface area contributed by atoms with E-state index < -0.39 is 20.6 Å². The number of halogens is 1. The van der Waals surface area contributed by atoms with Gasteiger partial charge in [-0.2, -0.15) is 0 Å². The molecule has 2 aromatic carbocycles. The Morgan fingerprint density at radius 2 is 1.62 bits per heavy atom. The van der Waals surface area contributed by atoms with Crippen molar-refractivity contribution < 1.29 is 13.2 Å². The average Bonchev–Trinajstić information content (AvgIpc) is 3.08. The lowest BCUT2D eigenvalue weighted by atomic mass is 10.3. The molecule has 1 amide bonds. The monoisotopic (exact) mass is 478 g/mol. The van der Waals surface area contributed by atoms with E-state index in [2.05, 4.69) is 22.6 Å². The molecule has 2 N–H and O–H groups in total. The van der Waals surface area contributed by atoms with Crippen LogP contribution in [-0.2, 0) is 14.6 Å². The van der Waals surface area contributed by atoms with E-state index in [-0.39, 0.29) is 4.90 Å². The molecule has 0 radical (unpaired) electrons. The third-order valence-corrected chi connectivity index (χ3v) is 6.46. The van der Waals surface area contributed by atoms with Gasteiger partial charge in [-0.05, 0) is 65.1 Å². The predicted molar refractivity (Wildman–Crippen MR) is 109 cm³/mol. The quantitative estimate of drug-likeness (QED) is 0.451. The molecule has 5 nitrogen and oxygen atoms in total. The van der Waals surface area contributed by atoms with Crippen LogP contribution in [0.2, 0.25) is 0 Å². The Morgan fingerprint density at radius 3 is 2.27 bits per heavy atom. The Morgan fingerprint density at radius 1 is 0.962 bits per heavy atom. The zero-order valence-electron chi connectivity index (χ0n) is 13.5. The molecule has 26 heavy (non-hydrogen) atoms. The molecule has 0 bridgehead atoms. The van der Waals surface area contributed by atoms with Crippen LogP contribution in [0.15, 0.2) is 82.7 Å². The number of hydrogen-bond donors (Lipinski definition) is 1. The number of rotatable bonds is 5. The topological polar surface area (TPSA) is 82.2 Å². The number of carbonyl (C=O) groups is 1. The Labute approximate surface area is 165 Å². The minimum atomic E-state index is -4.01. The maximum atomic E-state index is 12.8. The first-order chi connectivity index (χ1) is 12.4. The van der Waals surface area contributed by atoms with Gasteiger partial charge in [-0.25, -0.2) is 8.42 Å². The highest BCUT2D eigenvalue weighted by Crippen LogP contribution is 2.24. The van der Waals surface area contributed by atoms with Gasteiger partial charge in [0, 0.05) is 15.5 Å². The van der Waals surface area contributed by atoms with Crippen molar-refractivity contribution in [1.82, 2.24) is 4.57 Å². The molecule has 0 aliphatic carbocycles. The molecule has 0 spiro atoms. The second kappa shape index (κ2) is 7.46. The molecule has 3 rings (SSSR count). The largest absolute Gasteiger partial charge is 0.365 e. The van der Waals surface area contributed by atoms with Crippen molar-refractivity contribution in [2.75, 3.05) is 0 Å². The van der Waals surface area contributed by atoms with Crippen LogP contribution in [0.3, 0.4) is 0 Å². The van der Waals surface area contributed by atoms with Crippen molar-refractivity contribution in [3.63, 3.8) is 0 Å². The second-order valence-corrected chi connectivity index (χ2v) is 8.52. The predicted octanol–water partition coefficient (Wildman–Crippen LogP) is 3.38. The first-order valence-electron chi connectivity index (χ1n) is 7.65. The summed E-state index contributed by atoms with van der Waals surface area (Å²) in [6.07, 6.45) is 3.12. The number of aromatic nitrogens is 1. The molecule has 0 aliphatic heterocycles. The highest BCUT2D eigenvalue weighted by atomic mass is 127. The lowest BCUT2D eigenvalue weighted by molar-refractivity contribution is -0.113. The number of hydrogen-bond acceptors (Lipinski definition) is 3. The number of carbonyl (C=O) groups excluding carboxylic acids is 1. The van der Waals surface area contributed by atoms with Gasteiger partial charge in [0.2, 0.25) is 9.84 Å². The van der Waals surface area contributed by atoms with E-state index in [9.17, 15) is 13.2 Å². The molecule has 132 valence electrons. The zero-order valence-corrected chi connectivity index (χ0v) is 16.5. The van der Waals surface area contributed by atoms with E-state index in [0.717, 1.165) is 9.26 Å². The summed E-state index contributed by atoms with van der Waals surface area (Å²) in [4.78, 5) is 11.5. The van der Waals surface area contributed by atoms with Crippen LogP contribution in [0.5, 0.6) is 0 Å². The van der Waals surface area contributed by atoms with Crippen LogP contribution in [-0.4, -0.2) is 18.9 Å². The summed E-state index contributed by atoms with van der Waals surface area (Å²) in [5.74, 6) is -0.996. The third kappa shape index (κ3) is 3.58. The van der Waals surface area contributed by atoms with Crippen LogP contribution in [0.25, 0.3) is 11.8 Å². The van der Waals surface area contributed by atoms with Crippen molar-refractivity contribution in [1.29, 1.82) is 0 Å². The molecule has 7 heteroatoms. The first-order valence-corrected chi connectivity index (χ1v) is 10.2. The maximum absolute atomic E-state index is 12.8. The molecule has 3 aromatic rings. The van der Waals surface area contributed by atoms with Gasteiger partial charge in [0.15, 0.2) is 0 Å². The van der Waals surface area contributed by atoms with Gasteiger partial charge in [0.05, 0.1) is 10.6 Å². The highest BCUT2D eigenvalue weighted by Gasteiger charge is 2.25. The number of benzene rings is 2. The second-order valence-electron chi connectivity index (χ2n) is 5.44. The summed E-state index contributed by atoms with van der Waals surface area (Å²) in [6.45, 7) is 0. The van der Waals surface area contributed by atoms with E-state index in [1.807, 2.05) is 28.8 Å². The Kier molecular flexibility index (Phi) is 5.28. The first kappa shape index (κ1) is 18.4. The van der Waals surface area contributed by atoms with Crippen molar-refractivity contribution in [2.45, 2.75) is 4.90 Å². The molecule has 0 atom stereocenters. The summed E-state index contributed by atoms with van der Waals surface area (Å²) in [5.41, 5.74) is 6.82. The van der Waals surface area contributed by atoms with Crippen molar-refractivity contribution in [2.24, 2.45) is 5.73 Å². The number of amides is 1. The minimum absolute atomic E-state index is 0.0254. The molecule has 1 heterocycles. The molecule has 0 saturated heterocycles. The Bertz CT molecular complexity index is 1090. The average molecular weight is 478 g/mol. The van der Waals surface area contributed by atoms with Gasteiger partial charge in [-0.15, -0.1) is 0 Å². The highest BCUT2D eigenvalue weighted by molar-refractivity contribution is 14.1. The number of sulfone groups is 1. The van der Waals surface area contributed by atoms with Gasteiger partial charge < -0.3 is 10.3 Å². The van der Waals surface area contributed by atoms with Gasteiger partial charge in [0.25, 0.3) is 5.91 Å². The number of nitrogens with zero attached hydrogens (tertiary/aromatic N) is 1. The van der Waals surface area contributed by atoms with Gasteiger partial charge >= 0.3 is 0 Å². The number of para-hydroxylation sites is 1. The van der Waals surface area contributed by atoms with Crippen LogP contribution >= 0.6 is 22.6 Å². The smallest absolute Gasteiger partial charge is 0.260 e. The van der Waals surface area contributed by atoms with Gasteiger partial charge in [0.1, 0.15) is 4.91 Å². The van der Waals surface area contributed by atoms with Crippen LogP contribution in [0.1, 0.15) is 5.69 Å². The van der Waals surface area contributed by atoms with E-state index in [4.69, 9.17) is 5.73 Å². The Balaban J connectivity index is 2.15. The summed E-state index contributed by atoms with van der Waals surface area (Å²) < 4.78 is 28.5. The standard InChI is InChI=1S/C19H15IN2O3S/c20-16-10-4-5-11-17(16)22-12-6-7-14(22)13-18(19(21)23)26(24,25)15-8-2-1-3-9-15/h1-13H,(H2,21,23)/b18-13+. The summed E-state index contributed by atoms with van der Waals surface area (Å²) >= 11 is 2.20. The zero-order chi connectivity index (χ0) is 18.7. The summed E-state index contributed by atoms with van der Waals surface area (Å²) in [6, 6.07) is 18.9. The third-order valence-electron chi connectivity index (χ3n) is 3.76. The molecular formula is C19H15IN2O3S. The lowest BCUT2D eigenvalue weighted by Gasteiger charge is -2.11. The SMILES string of the molecule is NC(=O)/C(=C\c1cccn1-c1ccccc1I)S(=O)(=O)c1ccccc1. The number of nitrogens with two attached hydrogens (primary N) is 1. The fourth-order valence-electron chi connectivity index (χ4n) is 2.52. The van der Waals surface area contributed by atoms with E-state index in [1.54, 1.807) is 36.5 Å². The molecule has 1 aromatic heterocycles.